The second-order valence-electron chi connectivity index (χ2n) is 7.85. The molecule has 1 aliphatic heterocycles. The van der Waals surface area contributed by atoms with Gasteiger partial charge in [-0.3, -0.25) is 9.69 Å². The molecule has 2 rings (SSSR count). The van der Waals surface area contributed by atoms with Gasteiger partial charge in [0.05, 0.1) is 5.75 Å². The van der Waals surface area contributed by atoms with Gasteiger partial charge in [-0.15, -0.1) is 0 Å². The molecule has 1 aromatic carbocycles. The third kappa shape index (κ3) is 7.26. The smallest absolute Gasteiger partial charge is 0.237 e. The summed E-state index contributed by atoms with van der Waals surface area (Å²) >= 11 is 0. The average Bonchev–Trinajstić information content (AvgIpc) is 2.62. The van der Waals surface area contributed by atoms with Crippen molar-refractivity contribution < 1.29 is 13.2 Å². The Hall–Kier alpha value is -1.40. The number of benzene rings is 1. The Bertz CT molecular complexity index is 691. The predicted molar refractivity (Wildman–Crippen MR) is 111 cm³/mol. The molecule has 0 atom stereocenters. The van der Waals surface area contributed by atoms with E-state index in [9.17, 15) is 13.2 Å². The molecule has 0 unspecified atom stereocenters. The van der Waals surface area contributed by atoms with Crippen LogP contribution in [0, 0.1) is 0 Å². The Kier molecular flexibility index (Phi) is 8.29. The number of amides is 1. The minimum atomic E-state index is -3.28. The Morgan fingerprint density at radius 3 is 2.22 bits per heavy atom. The van der Waals surface area contributed by atoms with Crippen molar-refractivity contribution in [3.63, 3.8) is 0 Å². The normalized spacial score (nSPS) is 16.1. The summed E-state index contributed by atoms with van der Waals surface area (Å²) in [6.07, 6.45) is 2.52. The van der Waals surface area contributed by atoms with E-state index in [4.69, 9.17) is 0 Å². The van der Waals surface area contributed by atoms with E-state index in [0.29, 0.717) is 25.4 Å². The number of nitrogens with zero attached hydrogens (tertiary/aromatic N) is 2. The largest absolute Gasteiger partial charge is 0.339 e. The summed E-state index contributed by atoms with van der Waals surface area (Å²) in [7, 11) is -3.28. The van der Waals surface area contributed by atoms with Crippen molar-refractivity contribution in [3.8, 4) is 0 Å². The number of carbonyl (C=O) groups excluding carboxylic acids is 1. The molecule has 152 valence electrons. The third-order valence-electron chi connectivity index (χ3n) is 5.18. The van der Waals surface area contributed by atoms with Crippen LogP contribution in [0.2, 0.25) is 0 Å². The molecule has 0 bridgehead atoms. The number of carbonyl (C=O) groups is 1. The van der Waals surface area contributed by atoms with E-state index in [1.807, 2.05) is 6.92 Å². The van der Waals surface area contributed by atoms with Crippen molar-refractivity contribution >= 4 is 15.7 Å². The van der Waals surface area contributed by atoms with Crippen molar-refractivity contribution in [1.82, 2.24) is 9.80 Å². The summed E-state index contributed by atoms with van der Waals surface area (Å²) in [4.78, 5) is 16.4. The third-order valence-corrected chi connectivity index (χ3v) is 6.78. The molecule has 1 aromatic rings. The van der Waals surface area contributed by atoms with E-state index in [-0.39, 0.29) is 17.4 Å². The van der Waals surface area contributed by atoms with E-state index in [2.05, 4.69) is 43.0 Å². The minimum absolute atomic E-state index is 0.124. The first-order chi connectivity index (χ1) is 12.8. The molecule has 5 nitrogen and oxygen atoms in total. The molecule has 1 amide bonds. The number of hydrogen-bond acceptors (Lipinski definition) is 4. The van der Waals surface area contributed by atoms with Crippen LogP contribution in [0.15, 0.2) is 24.3 Å². The maximum absolute atomic E-state index is 12.3. The van der Waals surface area contributed by atoms with Gasteiger partial charge in [0.25, 0.3) is 0 Å². The van der Waals surface area contributed by atoms with E-state index in [1.54, 1.807) is 4.90 Å². The van der Waals surface area contributed by atoms with Crippen molar-refractivity contribution in [2.24, 2.45) is 0 Å². The number of piperazine rings is 1. The quantitative estimate of drug-likeness (QED) is 0.604. The van der Waals surface area contributed by atoms with Crippen LogP contribution >= 0.6 is 0 Å². The van der Waals surface area contributed by atoms with Crippen molar-refractivity contribution in [3.05, 3.63) is 35.4 Å². The summed E-state index contributed by atoms with van der Waals surface area (Å²) < 4.78 is 24.2. The zero-order valence-corrected chi connectivity index (χ0v) is 17.8. The van der Waals surface area contributed by atoms with Crippen molar-refractivity contribution in [1.29, 1.82) is 0 Å². The molecule has 6 heteroatoms. The van der Waals surface area contributed by atoms with E-state index >= 15 is 0 Å². The lowest BCUT2D eigenvalue weighted by Gasteiger charge is -2.34. The van der Waals surface area contributed by atoms with Crippen LogP contribution in [0.5, 0.6) is 0 Å². The maximum Gasteiger partial charge on any atom is 0.237 e. The van der Waals surface area contributed by atoms with E-state index < -0.39 is 9.84 Å². The van der Waals surface area contributed by atoms with E-state index in [1.165, 1.54) is 11.1 Å². The highest BCUT2D eigenvalue weighted by molar-refractivity contribution is 7.92. The van der Waals surface area contributed by atoms with Gasteiger partial charge in [0.15, 0.2) is 9.84 Å². The highest BCUT2D eigenvalue weighted by atomic mass is 32.2. The van der Waals surface area contributed by atoms with Gasteiger partial charge in [-0.25, -0.2) is 8.42 Å². The van der Waals surface area contributed by atoms with Gasteiger partial charge < -0.3 is 4.90 Å². The Labute approximate surface area is 164 Å². The molecule has 1 fully saturated rings. The molecular weight excluding hydrogens is 360 g/mol. The van der Waals surface area contributed by atoms with Crippen molar-refractivity contribution in [2.45, 2.75) is 52.5 Å². The fourth-order valence-corrected chi connectivity index (χ4v) is 4.69. The second-order valence-corrected chi connectivity index (χ2v) is 10.0. The SMILES string of the molecule is CCCCCS(=O)(=O)CC(=O)N1CCN(Cc2ccc(C(C)C)cc2)CC1. The summed E-state index contributed by atoms with van der Waals surface area (Å²) in [5.41, 5.74) is 2.62. The molecule has 0 aliphatic carbocycles. The summed E-state index contributed by atoms with van der Waals surface area (Å²) in [6, 6.07) is 8.72. The predicted octanol–water partition coefficient (Wildman–Crippen LogP) is 3.06. The van der Waals surface area contributed by atoms with Gasteiger partial charge in [-0.05, 0) is 23.5 Å². The van der Waals surface area contributed by atoms with Crippen LogP contribution < -0.4 is 0 Å². The Balaban J connectivity index is 1.78. The molecule has 1 aliphatic rings. The first-order valence-corrected chi connectivity index (χ1v) is 11.9. The second kappa shape index (κ2) is 10.2. The minimum Gasteiger partial charge on any atom is -0.339 e. The highest BCUT2D eigenvalue weighted by Crippen LogP contribution is 2.16. The van der Waals surface area contributed by atoms with Crippen molar-refractivity contribution in [2.75, 3.05) is 37.7 Å². The maximum atomic E-state index is 12.3. The van der Waals surface area contributed by atoms with Crippen LogP contribution in [-0.4, -0.2) is 61.8 Å². The molecule has 27 heavy (non-hydrogen) atoms. The Morgan fingerprint density at radius 2 is 1.67 bits per heavy atom. The van der Waals surface area contributed by atoms with Crippen LogP contribution in [0.1, 0.15) is 57.1 Å². The van der Waals surface area contributed by atoms with Gasteiger partial charge in [-0.2, -0.15) is 0 Å². The molecule has 0 saturated carbocycles. The summed E-state index contributed by atoms with van der Waals surface area (Å²) in [6.45, 7) is 10.1. The monoisotopic (exact) mass is 394 g/mol. The highest BCUT2D eigenvalue weighted by Gasteiger charge is 2.25. The van der Waals surface area contributed by atoms with E-state index in [0.717, 1.165) is 32.5 Å². The lowest BCUT2D eigenvalue weighted by atomic mass is 10.0. The number of sulfone groups is 1. The average molecular weight is 395 g/mol. The Morgan fingerprint density at radius 1 is 1.04 bits per heavy atom. The number of hydrogen-bond donors (Lipinski definition) is 0. The van der Waals surface area contributed by atoms with Gasteiger partial charge in [0, 0.05) is 32.7 Å². The standard InChI is InChI=1S/C21H34N2O3S/c1-4-5-6-15-27(25,26)17-21(24)23-13-11-22(12-14-23)16-19-7-9-20(10-8-19)18(2)3/h7-10,18H,4-6,11-17H2,1-3H3. The summed E-state index contributed by atoms with van der Waals surface area (Å²) in [5, 5.41) is 0. The van der Waals surface area contributed by atoms with Gasteiger partial charge >= 0.3 is 0 Å². The van der Waals surface area contributed by atoms with Gasteiger partial charge in [-0.1, -0.05) is 57.9 Å². The molecule has 1 saturated heterocycles. The van der Waals surface area contributed by atoms with Gasteiger partial charge in [0.2, 0.25) is 5.91 Å². The topological polar surface area (TPSA) is 57.7 Å². The number of unbranched alkanes of at least 4 members (excludes halogenated alkanes) is 2. The zero-order chi connectivity index (χ0) is 19.9. The molecule has 1 heterocycles. The van der Waals surface area contributed by atoms with Crippen LogP contribution in [0.3, 0.4) is 0 Å². The number of rotatable bonds is 9. The molecular formula is C21H34N2O3S. The molecule has 0 spiro atoms. The lowest BCUT2D eigenvalue weighted by molar-refractivity contribution is -0.130. The zero-order valence-electron chi connectivity index (χ0n) is 17.0. The fraction of sp³-hybridized carbons (Fsp3) is 0.667. The lowest BCUT2D eigenvalue weighted by Crippen LogP contribution is -2.49. The first kappa shape index (κ1) is 21.9. The molecule has 0 aromatic heterocycles. The first-order valence-electron chi connectivity index (χ1n) is 10.1. The van der Waals surface area contributed by atoms with Crippen LogP contribution in [-0.2, 0) is 21.2 Å². The molecule has 0 N–H and O–H groups in total. The fourth-order valence-electron chi connectivity index (χ4n) is 3.35. The van der Waals surface area contributed by atoms with Gasteiger partial charge in [0.1, 0.15) is 5.75 Å². The van der Waals surface area contributed by atoms with Crippen LogP contribution in [0.4, 0.5) is 0 Å². The summed E-state index contributed by atoms with van der Waals surface area (Å²) in [5.74, 6) is 0.0750. The molecule has 0 radical (unpaired) electrons. The van der Waals surface area contributed by atoms with Crippen LogP contribution in [0.25, 0.3) is 0 Å².